The SMILES string of the molecule is CN1C(=O)C(C)(C)c2cc(C(=O)NCC[C@@H](O)CN3CCC(F)(c4cccc(C(F)(F)F)c4)C3)ccc21. The third kappa shape index (κ3) is 5.36. The Bertz CT molecular complexity index is 1200. The number of β-amino-alcohol motifs (C(OH)–C–C–N with tert-alkyl or cyclic N) is 1. The van der Waals surface area contributed by atoms with E-state index in [0.29, 0.717) is 12.1 Å². The van der Waals surface area contributed by atoms with Gasteiger partial charge in [0, 0.05) is 44.5 Å². The quantitative estimate of drug-likeness (QED) is 0.541. The van der Waals surface area contributed by atoms with Crippen LogP contribution in [0.4, 0.5) is 23.2 Å². The first kappa shape index (κ1) is 27.1. The third-order valence-electron chi connectivity index (χ3n) is 7.37. The number of anilines is 1. The maximum absolute atomic E-state index is 15.5. The molecule has 6 nitrogen and oxygen atoms in total. The van der Waals surface area contributed by atoms with E-state index in [9.17, 15) is 27.9 Å². The van der Waals surface area contributed by atoms with Crippen LogP contribution < -0.4 is 10.2 Å². The molecule has 2 atom stereocenters. The van der Waals surface area contributed by atoms with Gasteiger partial charge in [0.1, 0.15) is 5.67 Å². The molecular formula is C27H31F4N3O3. The molecule has 2 aromatic carbocycles. The lowest BCUT2D eigenvalue weighted by Crippen LogP contribution is -2.35. The molecule has 1 unspecified atom stereocenters. The molecule has 1 fully saturated rings. The molecule has 2 aliphatic rings. The number of benzene rings is 2. The summed E-state index contributed by atoms with van der Waals surface area (Å²) in [5.74, 6) is -0.378. The molecule has 4 rings (SSSR count). The topological polar surface area (TPSA) is 72.9 Å². The Morgan fingerprint density at radius 2 is 1.92 bits per heavy atom. The average molecular weight is 522 g/mol. The monoisotopic (exact) mass is 521 g/mol. The van der Waals surface area contributed by atoms with Crippen LogP contribution in [0.1, 0.15) is 53.7 Å². The zero-order valence-electron chi connectivity index (χ0n) is 21.0. The first-order valence-corrected chi connectivity index (χ1v) is 12.2. The van der Waals surface area contributed by atoms with Crippen LogP contribution in [0.15, 0.2) is 42.5 Å². The highest BCUT2D eigenvalue weighted by Crippen LogP contribution is 2.41. The zero-order valence-corrected chi connectivity index (χ0v) is 21.0. The number of hydrogen-bond donors (Lipinski definition) is 2. The molecule has 10 heteroatoms. The lowest BCUT2D eigenvalue weighted by Gasteiger charge is -2.24. The van der Waals surface area contributed by atoms with Gasteiger partial charge >= 0.3 is 6.18 Å². The van der Waals surface area contributed by atoms with Crippen molar-refractivity contribution in [3.63, 3.8) is 0 Å². The van der Waals surface area contributed by atoms with E-state index in [4.69, 9.17) is 0 Å². The number of alkyl halides is 4. The van der Waals surface area contributed by atoms with Gasteiger partial charge in [-0.1, -0.05) is 12.1 Å². The summed E-state index contributed by atoms with van der Waals surface area (Å²) in [7, 11) is 1.70. The van der Waals surface area contributed by atoms with E-state index in [0.717, 1.165) is 23.4 Å². The minimum atomic E-state index is -4.55. The van der Waals surface area contributed by atoms with E-state index < -0.39 is 28.9 Å². The van der Waals surface area contributed by atoms with Crippen molar-refractivity contribution >= 4 is 17.5 Å². The van der Waals surface area contributed by atoms with Crippen molar-refractivity contribution in [2.45, 2.75) is 50.1 Å². The fourth-order valence-electron chi connectivity index (χ4n) is 5.17. The van der Waals surface area contributed by atoms with E-state index in [2.05, 4.69) is 5.32 Å². The number of amides is 2. The van der Waals surface area contributed by atoms with Gasteiger partial charge in [-0.25, -0.2) is 4.39 Å². The summed E-state index contributed by atoms with van der Waals surface area (Å²) in [6, 6.07) is 9.43. The number of nitrogens with zero attached hydrogens (tertiary/aromatic N) is 2. The summed E-state index contributed by atoms with van der Waals surface area (Å²) in [6.45, 7) is 4.13. The van der Waals surface area contributed by atoms with Crippen molar-refractivity contribution in [2.24, 2.45) is 0 Å². The van der Waals surface area contributed by atoms with Gasteiger partial charge in [-0.2, -0.15) is 13.2 Å². The molecule has 2 N–H and O–H groups in total. The lowest BCUT2D eigenvalue weighted by atomic mass is 9.85. The Hall–Kier alpha value is -2.98. The Morgan fingerprint density at radius 1 is 1.19 bits per heavy atom. The highest BCUT2D eigenvalue weighted by atomic mass is 19.4. The van der Waals surface area contributed by atoms with Gasteiger partial charge in [0.15, 0.2) is 0 Å². The number of aliphatic hydroxyl groups excluding tert-OH is 1. The van der Waals surface area contributed by atoms with Crippen molar-refractivity contribution in [2.75, 3.05) is 38.1 Å². The number of carbonyl (C=O) groups excluding carboxylic acids is 2. The van der Waals surface area contributed by atoms with Crippen LogP contribution in [0.2, 0.25) is 0 Å². The largest absolute Gasteiger partial charge is 0.416 e. The van der Waals surface area contributed by atoms with Crippen LogP contribution in [0.25, 0.3) is 0 Å². The zero-order chi connectivity index (χ0) is 27.2. The van der Waals surface area contributed by atoms with Crippen molar-refractivity contribution in [1.29, 1.82) is 0 Å². The Balaban J connectivity index is 1.28. The van der Waals surface area contributed by atoms with E-state index >= 15 is 4.39 Å². The van der Waals surface area contributed by atoms with Gasteiger partial charge in [0.2, 0.25) is 5.91 Å². The van der Waals surface area contributed by atoms with E-state index in [1.54, 1.807) is 35.0 Å². The van der Waals surface area contributed by atoms with Crippen LogP contribution >= 0.6 is 0 Å². The molecule has 0 saturated carbocycles. The maximum Gasteiger partial charge on any atom is 0.416 e. The Labute approximate surface area is 213 Å². The number of carbonyl (C=O) groups is 2. The molecule has 2 amide bonds. The van der Waals surface area contributed by atoms with E-state index in [-0.39, 0.29) is 49.9 Å². The molecule has 2 heterocycles. The second-order valence-electron chi connectivity index (χ2n) is 10.4. The summed E-state index contributed by atoms with van der Waals surface area (Å²) in [5, 5.41) is 13.2. The summed E-state index contributed by atoms with van der Waals surface area (Å²) < 4.78 is 54.6. The number of nitrogens with one attached hydrogen (secondary N) is 1. The summed E-state index contributed by atoms with van der Waals surface area (Å²) >= 11 is 0. The predicted octanol–water partition coefficient (Wildman–Crippen LogP) is 4.01. The molecule has 0 radical (unpaired) electrons. The highest BCUT2D eigenvalue weighted by Gasteiger charge is 2.43. The molecule has 0 spiro atoms. The summed E-state index contributed by atoms with van der Waals surface area (Å²) in [5.41, 5.74) is -1.61. The minimum absolute atomic E-state index is 0.0167. The number of likely N-dealkylation sites (N-methyl/N-ethyl adjacent to an activating group) is 1. The number of rotatable bonds is 7. The maximum atomic E-state index is 15.5. The Morgan fingerprint density at radius 3 is 2.62 bits per heavy atom. The van der Waals surface area contributed by atoms with E-state index in [1.807, 2.05) is 13.8 Å². The number of fused-ring (bicyclic) bond motifs is 1. The molecule has 37 heavy (non-hydrogen) atoms. The molecule has 0 aromatic heterocycles. The first-order valence-electron chi connectivity index (χ1n) is 12.2. The molecule has 200 valence electrons. The molecular weight excluding hydrogens is 490 g/mol. The predicted molar refractivity (Wildman–Crippen MR) is 131 cm³/mol. The van der Waals surface area contributed by atoms with Gasteiger partial charge < -0.3 is 15.3 Å². The van der Waals surface area contributed by atoms with Crippen LogP contribution in [0, 0.1) is 0 Å². The van der Waals surface area contributed by atoms with Gasteiger partial charge in [-0.3, -0.25) is 14.5 Å². The summed E-state index contributed by atoms with van der Waals surface area (Å²) in [4.78, 5) is 28.4. The fourth-order valence-corrected chi connectivity index (χ4v) is 5.17. The molecule has 2 aromatic rings. The number of hydrogen-bond acceptors (Lipinski definition) is 4. The van der Waals surface area contributed by atoms with Crippen LogP contribution in [0.5, 0.6) is 0 Å². The number of aliphatic hydroxyl groups is 1. The van der Waals surface area contributed by atoms with Crippen LogP contribution in [0.3, 0.4) is 0 Å². The second-order valence-corrected chi connectivity index (χ2v) is 10.4. The first-order chi connectivity index (χ1) is 17.2. The third-order valence-corrected chi connectivity index (χ3v) is 7.37. The van der Waals surface area contributed by atoms with Crippen molar-refractivity contribution in [3.05, 3.63) is 64.7 Å². The van der Waals surface area contributed by atoms with Crippen LogP contribution in [-0.4, -0.2) is 61.2 Å². The normalized spacial score (nSPS) is 22.3. The van der Waals surface area contributed by atoms with Gasteiger partial charge in [-0.05, 0) is 68.1 Å². The van der Waals surface area contributed by atoms with Crippen molar-refractivity contribution in [3.8, 4) is 0 Å². The highest BCUT2D eigenvalue weighted by molar-refractivity contribution is 6.08. The average Bonchev–Trinajstić information content (AvgIpc) is 3.30. The van der Waals surface area contributed by atoms with Crippen molar-refractivity contribution in [1.82, 2.24) is 10.2 Å². The Kier molecular flexibility index (Phi) is 7.11. The fraction of sp³-hybridized carbons (Fsp3) is 0.481. The van der Waals surface area contributed by atoms with Crippen molar-refractivity contribution < 1.29 is 32.3 Å². The molecule has 1 saturated heterocycles. The van der Waals surface area contributed by atoms with Crippen LogP contribution in [-0.2, 0) is 22.1 Å². The molecule has 0 aliphatic carbocycles. The number of halogens is 4. The number of likely N-dealkylation sites (tertiary alicyclic amines) is 1. The molecule has 2 aliphatic heterocycles. The second kappa shape index (κ2) is 9.72. The smallest absolute Gasteiger partial charge is 0.392 e. The molecule has 0 bridgehead atoms. The minimum Gasteiger partial charge on any atom is -0.392 e. The van der Waals surface area contributed by atoms with Gasteiger partial charge in [0.05, 0.1) is 17.1 Å². The van der Waals surface area contributed by atoms with Gasteiger partial charge in [0.25, 0.3) is 5.91 Å². The van der Waals surface area contributed by atoms with Gasteiger partial charge in [-0.15, -0.1) is 0 Å². The lowest BCUT2D eigenvalue weighted by molar-refractivity contribution is -0.137. The standard InChI is InChI=1S/C27H31F4N3O3/c1-25(2)21-13-17(7-8-22(21)33(3)24(25)37)23(36)32-11-9-20(35)15-34-12-10-26(28,16-34)18-5-4-6-19(14-18)27(29,30)31/h4-8,13-14,20,35H,9-12,15-16H2,1-3H3,(H,32,36)/t20-,26?/m1/s1. The van der Waals surface area contributed by atoms with E-state index in [1.165, 1.54) is 12.1 Å². The summed E-state index contributed by atoms with van der Waals surface area (Å²) in [6.07, 6.45) is -5.14.